The van der Waals surface area contributed by atoms with E-state index >= 15 is 0 Å². The number of nitrogens with one attached hydrogen (secondary N) is 1. The molecule has 0 aliphatic rings. The van der Waals surface area contributed by atoms with E-state index in [1.807, 2.05) is 69.3 Å². The summed E-state index contributed by atoms with van der Waals surface area (Å²) in [5, 5.41) is 18.9. The fraction of sp³-hybridized carbons (Fsp3) is 0.111. The van der Waals surface area contributed by atoms with Crippen molar-refractivity contribution in [3.05, 3.63) is 198 Å². The van der Waals surface area contributed by atoms with Gasteiger partial charge in [-0.25, -0.2) is 0 Å². The molecule has 9 nitrogen and oxygen atoms in total. The van der Waals surface area contributed by atoms with Crippen molar-refractivity contribution < 1.29 is 18.5 Å². The number of para-hydroxylation sites is 6. The Hall–Kier alpha value is -7.13. The van der Waals surface area contributed by atoms with E-state index in [0.717, 1.165) is 33.1 Å². The van der Waals surface area contributed by atoms with Crippen LogP contribution in [0.25, 0.3) is 87.9 Å². The van der Waals surface area contributed by atoms with Crippen LogP contribution >= 0.6 is 8.60 Å². The van der Waals surface area contributed by atoms with Crippen molar-refractivity contribution in [2.24, 2.45) is 0 Å². The van der Waals surface area contributed by atoms with Gasteiger partial charge in [0.2, 0.25) is 0 Å². The summed E-state index contributed by atoms with van der Waals surface area (Å²) in [4.78, 5) is 14.8. The Labute approximate surface area is 372 Å². The number of aromatic amines is 1. The second-order valence-electron chi connectivity index (χ2n) is 14.9. The Morgan fingerprint density at radius 2 is 0.984 bits per heavy atom. The average Bonchev–Trinajstić information content (AvgIpc) is 4.00. The molecule has 0 saturated heterocycles. The summed E-state index contributed by atoms with van der Waals surface area (Å²) in [7, 11) is -1.06. The van der Waals surface area contributed by atoms with Crippen molar-refractivity contribution in [1.82, 2.24) is 14.1 Å². The topological polar surface area (TPSA) is 96.5 Å². The van der Waals surface area contributed by atoms with Gasteiger partial charge >= 0.3 is 8.60 Å². The minimum atomic E-state index is -1.06. The van der Waals surface area contributed by atoms with E-state index in [2.05, 4.69) is 135 Å². The number of H-pyrrole nitrogens is 1. The molecule has 1 N–H and O–H groups in total. The van der Waals surface area contributed by atoms with Gasteiger partial charge in [0.1, 0.15) is 0 Å². The quantitative estimate of drug-likeness (QED) is 0.0839. The summed E-state index contributed by atoms with van der Waals surface area (Å²) in [5.74, 6) is 0. The maximum absolute atomic E-state index is 11.5. The number of aromatic nitrogens is 3. The molecular weight excluding hydrogens is 816 g/mol. The lowest BCUT2D eigenvalue weighted by atomic mass is 10.0. The average molecular weight is 863 g/mol. The number of fused-ring (bicyclic) bond motifs is 10. The first-order chi connectivity index (χ1) is 31.5. The molecule has 10 heteroatoms. The highest BCUT2D eigenvalue weighted by atomic mass is 31.2. The third kappa shape index (κ3) is 8.14. The van der Waals surface area contributed by atoms with E-state index in [-0.39, 0.29) is 10.6 Å². The highest BCUT2D eigenvalue weighted by Crippen LogP contribution is 2.40. The monoisotopic (exact) mass is 862 g/mol. The number of nitrogens with zero attached hydrogens (tertiary/aromatic N) is 3. The number of hydrogen-bond acceptors (Lipinski definition) is 5. The third-order valence-corrected chi connectivity index (χ3v) is 12.5. The summed E-state index contributed by atoms with van der Waals surface area (Å²) in [6, 6.07) is 63.7. The number of nitro groups is 1. The van der Waals surface area contributed by atoms with Gasteiger partial charge < -0.3 is 27.7 Å². The Balaban J connectivity index is 0.000000135. The van der Waals surface area contributed by atoms with Gasteiger partial charge in [0.25, 0.3) is 5.69 Å². The fourth-order valence-corrected chi connectivity index (χ4v) is 9.37. The minimum absolute atomic E-state index is 0.115. The number of rotatable bonds is 10. The summed E-state index contributed by atoms with van der Waals surface area (Å²) in [5.41, 5.74) is 10.8. The molecule has 11 rings (SSSR count). The van der Waals surface area contributed by atoms with Crippen LogP contribution in [0.5, 0.6) is 0 Å². The number of nitro benzene ring substituents is 1. The Morgan fingerprint density at radius 1 is 0.500 bits per heavy atom. The van der Waals surface area contributed by atoms with Crippen molar-refractivity contribution in [2.75, 3.05) is 19.8 Å². The fourth-order valence-electron chi connectivity index (χ4n) is 8.51. The van der Waals surface area contributed by atoms with Gasteiger partial charge in [0, 0.05) is 55.3 Å². The van der Waals surface area contributed by atoms with Crippen LogP contribution in [0.15, 0.2) is 188 Å². The third-order valence-electron chi connectivity index (χ3n) is 11.1. The molecule has 0 radical (unpaired) electrons. The SMILES string of the molecule is CCOP(OCC)OCC.O=[N+]([O-])c1ccccc1-c1ccc2c3ccccc3n(-c3ccccc3)c2c1.c1ccc(-n2c3ccccc3c3ccc4c5ccccc5[nH]c4c32)cc1. The standard InChI is InChI=1S/C24H16N2O2.C24H16N2.C6H15O3P/c27-26(28)23-13-7-4-10-19(23)17-14-15-21-20-11-5-6-12-22(20)25(24(21)16-17)18-8-2-1-3-9-18;1-2-8-16(9-3-1)26-22-13-7-5-11-18(22)20-15-14-19-17-10-4-6-12-21(17)25-23(19)24(20)26;1-4-7-10(8-5-2)9-6-3/h1-16H;1-15,25H;4-6H2,1-3H3. The lowest BCUT2D eigenvalue weighted by Crippen LogP contribution is -1.94. The first kappa shape index (κ1) is 42.2. The molecule has 0 atom stereocenters. The van der Waals surface area contributed by atoms with E-state index in [1.54, 1.807) is 18.2 Å². The van der Waals surface area contributed by atoms with Crippen LogP contribution < -0.4 is 0 Å². The van der Waals surface area contributed by atoms with Crippen LogP contribution in [0.4, 0.5) is 5.69 Å². The van der Waals surface area contributed by atoms with Gasteiger partial charge in [-0.1, -0.05) is 127 Å². The highest BCUT2D eigenvalue weighted by molar-refractivity contribution is 7.41. The van der Waals surface area contributed by atoms with E-state index in [1.165, 1.54) is 49.3 Å². The van der Waals surface area contributed by atoms with E-state index in [9.17, 15) is 10.1 Å². The molecular formula is C54H47N4O5P. The molecule has 0 amide bonds. The van der Waals surface area contributed by atoms with Crippen LogP contribution in [-0.2, 0) is 13.6 Å². The predicted molar refractivity (Wildman–Crippen MR) is 265 cm³/mol. The summed E-state index contributed by atoms with van der Waals surface area (Å²) >= 11 is 0. The normalized spacial score (nSPS) is 11.4. The van der Waals surface area contributed by atoms with Crippen LogP contribution in [0.3, 0.4) is 0 Å². The van der Waals surface area contributed by atoms with E-state index < -0.39 is 8.60 Å². The maximum atomic E-state index is 11.5. The van der Waals surface area contributed by atoms with Crippen molar-refractivity contribution in [3.8, 4) is 22.5 Å². The summed E-state index contributed by atoms with van der Waals surface area (Å²) < 4.78 is 20.0. The zero-order chi connectivity index (χ0) is 44.0. The minimum Gasteiger partial charge on any atom is -0.353 e. The van der Waals surface area contributed by atoms with Crippen molar-refractivity contribution in [3.63, 3.8) is 0 Å². The first-order valence-electron chi connectivity index (χ1n) is 21.5. The second kappa shape index (κ2) is 19.1. The molecule has 0 fully saturated rings. The Bertz CT molecular complexity index is 3360. The number of hydrogen-bond donors (Lipinski definition) is 1. The summed E-state index contributed by atoms with van der Waals surface area (Å²) in [6.07, 6.45) is 0. The molecule has 0 bridgehead atoms. The highest BCUT2D eigenvalue weighted by Gasteiger charge is 2.19. The zero-order valence-electron chi connectivity index (χ0n) is 35.8. The molecule has 0 unspecified atom stereocenters. The molecule has 0 aliphatic heterocycles. The van der Waals surface area contributed by atoms with Crippen LogP contribution in [-0.4, -0.2) is 38.9 Å². The van der Waals surface area contributed by atoms with E-state index in [4.69, 9.17) is 13.6 Å². The Morgan fingerprint density at radius 3 is 1.62 bits per heavy atom. The van der Waals surface area contributed by atoms with E-state index in [0.29, 0.717) is 25.4 Å². The van der Waals surface area contributed by atoms with Gasteiger partial charge in [-0.15, -0.1) is 0 Å². The van der Waals surface area contributed by atoms with Crippen LogP contribution in [0, 0.1) is 10.1 Å². The molecule has 3 aromatic heterocycles. The van der Waals surface area contributed by atoms with Gasteiger partial charge in [0.15, 0.2) is 0 Å². The van der Waals surface area contributed by atoms with Gasteiger partial charge in [-0.3, -0.25) is 10.1 Å². The molecule has 318 valence electrons. The smallest absolute Gasteiger partial charge is 0.332 e. The predicted octanol–water partition coefficient (Wildman–Crippen LogP) is 15.1. The van der Waals surface area contributed by atoms with Gasteiger partial charge in [-0.2, -0.15) is 0 Å². The van der Waals surface area contributed by atoms with Gasteiger partial charge in [0.05, 0.1) is 57.9 Å². The lowest BCUT2D eigenvalue weighted by molar-refractivity contribution is -0.384. The maximum Gasteiger partial charge on any atom is 0.332 e. The van der Waals surface area contributed by atoms with Crippen LogP contribution in [0.2, 0.25) is 0 Å². The molecule has 0 aliphatic carbocycles. The molecule has 64 heavy (non-hydrogen) atoms. The van der Waals surface area contributed by atoms with Crippen molar-refractivity contribution in [2.45, 2.75) is 20.8 Å². The molecule has 3 heterocycles. The largest absolute Gasteiger partial charge is 0.353 e. The molecule has 11 aromatic rings. The Kier molecular flexibility index (Phi) is 12.6. The molecule has 0 saturated carbocycles. The number of benzene rings is 8. The van der Waals surface area contributed by atoms with Gasteiger partial charge in [-0.05, 0) is 80.9 Å². The second-order valence-corrected chi connectivity index (χ2v) is 16.1. The molecule has 0 spiro atoms. The zero-order valence-corrected chi connectivity index (χ0v) is 36.7. The van der Waals surface area contributed by atoms with Crippen molar-refractivity contribution >= 4 is 79.7 Å². The lowest BCUT2D eigenvalue weighted by Gasteiger charge is -2.12. The van der Waals surface area contributed by atoms with Crippen LogP contribution in [0.1, 0.15) is 20.8 Å². The summed E-state index contributed by atoms with van der Waals surface area (Å²) in [6.45, 7) is 7.71. The van der Waals surface area contributed by atoms with Crippen molar-refractivity contribution in [1.29, 1.82) is 0 Å². The molecule has 8 aromatic carbocycles. The first-order valence-corrected chi connectivity index (χ1v) is 22.6.